The number of methoxy groups -OCH3 is 3. The summed E-state index contributed by atoms with van der Waals surface area (Å²) in [6.07, 6.45) is -1.03. The number of benzene rings is 1. The van der Waals surface area contributed by atoms with Crippen LogP contribution in [0.1, 0.15) is 41.5 Å². The molecule has 0 radical (unpaired) electrons. The number of nitrogens with one attached hydrogen (secondary N) is 3. The van der Waals surface area contributed by atoms with Crippen molar-refractivity contribution in [3.63, 3.8) is 0 Å². The minimum absolute atomic E-state index is 0.224. The summed E-state index contributed by atoms with van der Waals surface area (Å²) in [7, 11) is 2.77. The third-order valence-corrected chi connectivity index (χ3v) is 5.84. The number of hydrogen-bond donors (Lipinski definition) is 3. The molecule has 0 saturated heterocycles. The molecule has 0 aliphatic heterocycles. The average Bonchev–Trinajstić information content (AvgIpc) is 2.97. The fourth-order valence-electron chi connectivity index (χ4n) is 4.16. The summed E-state index contributed by atoms with van der Waals surface area (Å²) < 4.78 is 25.1. The van der Waals surface area contributed by atoms with Gasteiger partial charge in [0.25, 0.3) is 0 Å². The lowest BCUT2D eigenvalue weighted by atomic mass is 9.63. The van der Waals surface area contributed by atoms with Gasteiger partial charge in [-0.3, -0.25) is 19.2 Å². The van der Waals surface area contributed by atoms with E-state index >= 15 is 0 Å². The van der Waals surface area contributed by atoms with Crippen molar-refractivity contribution in [1.82, 2.24) is 10.9 Å². The van der Waals surface area contributed by atoms with E-state index in [0.29, 0.717) is 5.69 Å². The van der Waals surface area contributed by atoms with Crippen LogP contribution in [0.5, 0.6) is 0 Å². The number of esters is 4. The maximum Gasteiger partial charge on any atom is 0.428 e. The molecule has 0 fully saturated rings. The fraction of sp³-hybridized carbons (Fsp3) is 0.500. The van der Waals surface area contributed by atoms with Crippen LogP contribution in [-0.2, 0) is 42.9 Å². The normalized spacial score (nSPS) is 13.4. The molecule has 3 N–H and O–H groups in total. The number of rotatable bonds is 12. The molecule has 0 aliphatic rings. The number of carbonyl (C=O) groups excluding carboxylic acids is 6. The van der Waals surface area contributed by atoms with E-state index in [1.165, 1.54) is 20.8 Å². The molecule has 2 atom stereocenters. The number of urea groups is 1. The summed E-state index contributed by atoms with van der Waals surface area (Å²) in [6.45, 7) is 8.41. The second-order valence-electron chi connectivity index (χ2n) is 10.0. The minimum atomic E-state index is -2.93. The van der Waals surface area contributed by atoms with E-state index in [1.807, 2.05) is 0 Å². The molecule has 1 rings (SSSR count). The Kier molecular flexibility index (Phi) is 13.9. The zero-order valence-corrected chi connectivity index (χ0v) is 26.1. The van der Waals surface area contributed by atoms with E-state index in [2.05, 4.69) is 26.4 Å². The number of ether oxygens (including phenoxy) is 5. The van der Waals surface area contributed by atoms with Gasteiger partial charge in [-0.1, -0.05) is 18.2 Å². The van der Waals surface area contributed by atoms with Crippen LogP contribution in [0.3, 0.4) is 0 Å². The SMILES string of the molecule is CCOC(=O)C(/C(C)=N/NC(=O)OC(C)(C)C)C(C(=O)OC)(C(=O)OC)C(C(=O)OC)/C(C)=N/NC(=O)Nc1ccccc1. The Bertz CT molecular complexity index is 1260. The van der Waals surface area contributed by atoms with Crippen molar-refractivity contribution in [2.75, 3.05) is 33.3 Å². The quantitative estimate of drug-likeness (QED) is 0.101. The van der Waals surface area contributed by atoms with E-state index in [9.17, 15) is 28.8 Å². The van der Waals surface area contributed by atoms with Gasteiger partial charge in [0.05, 0.1) is 39.4 Å². The predicted molar refractivity (Wildman–Crippen MR) is 156 cm³/mol. The van der Waals surface area contributed by atoms with E-state index in [4.69, 9.17) is 23.7 Å². The van der Waals surface area contributed by atoms with Gasteiger partial charge in [-0.2, -0.15) is 10.2 Å². The van der Waals surface area contributed by atoms with Gasteiger partial charge in [0.1, 0.15) is 17.4 Å². The zero-order chi connectivity index (χ0) is 33.7. The Morgan fingerprint density at radius 1 is 0.773 bits per heavy atom. The summed E-state index contributed by atoms with van der Waals surface area (Å²) in [5, 5.41) is 10.3. The van der Waals surface area contributed by atoms with Gasteiger partial charge in [0, 0.05) is 5.69 Å². The molecule has 0 saturated carbocycles. The summed E-state index contributed by atoms with van der Waals surface area (Å²) in [5.74, 6) is -9.46. The predicted octanol–water partition coefficient (Wildman–Crippen LogP) is 2.39. The molecule has 0 aliphatic carbocycles. The molecule has 0 bridgehead atoms. The first-order valence-electron chi connectivity index (χ1n) is 13.2. The van der Waals surface area contributed by atoms with Crippen molar-refractivity contribution < 1.29 is 52.5 Å². The number of carbonyl (C=O) groups is 6. The molecule has 0 spiro atoms. The number of nitrogens with zero attached hydrogens (tertiary/aromatic N) is 2. The average molecular weight is 622 g/mol. The monoisotopic (exact) mass is 621 g/mol. The Balaban J connectivity index is 3.91. The van der Waals surface area contributed by atoms with Crippen molar-refractivity contribution in [2.45, 2.75) is 47.1 Å². The molecule has 0 heterocycles. The first-order valence-corrected chi connectivity index (χ1v) is 13.2. The molecule has 1 aromatic rings. The lowest BCUT2D eigenvalue weighted by molar-refractivity contribution is -0.185. The van der Waals surface area contributed by atoms with Crippen molar-refractivity contribution in [3.8, 4) is 0 Å². The van der Waals surface area contributed by atoms with Crippen LogP contribution >= 0.6 is 0 Å². The van der Waals surface area contributed by atoms with Gasteiger partial charge in [-0.05, 0) is 53.7 Å². The maximum absolute atomic E-state index is 13.7. The highest BCUT2D eigenvalue weighted by Crippen LogP contribution is 2.42. The number of para-hydroxylation sites is 1. The van der Waals surface area contributed by atoms with Crippen LogP contribution in [0.25, 0.3) is 0 Å². The van der Waals surface area contributed by atoms with Gasteiger partial charge in [0.2, 0.25) is 5.41 Å². The van der Waals surface area contributed by atoms with Crippen LogP contribution in [0.2, 0.25) is 0 Å². The van der Waals surface area contributed by atoms with E-state index in [-0.39, 0.29) is 18.0 Å². The highest BCUT2D eigenvalue weighted by atomic mass is 16.6. The second kappa shape index (κ2) is 16.6. The van der Waals surface area contributed by atoms with Gasteiger partial charge < -0.3 is 29.0 Å². The van der Waals surface area contributed by atoms with Crippen molar-refractivity contribution in [2.24, 2.45) is 27.5 Å². The Labute approximate surface area is 254 Å². The molecular weight excluding hydrogens is 582 g/mol. The van der Waals surface area contributed by atoms with Crippen molar-refractivity contribution in [1.29, 1.82) is 0 Å². The van der Waals surface area contributed by atoms with Crippen molar-refractivity contribution >= 4 is 53.1 Å². The molecule has 2 unspecified atom stereocenters. The van der Waals surface area contributed by atoms with Crippen molar-refractivity contribution in [3.05, 3.63) is 30.3 Å². The molecule has 0 aromatic heterocycles. The third kappa shape index (κ3) is 9.50. The topological polar surface area (TPSA) is 209 Å². The summed E-state index contributed by atoms with van der Waals surface area (Å²) >= 11 is 0. The highest BCUT2D eigenvalue weighted by Gasteiger charge is 2.67. The maximum atomic E-state index is 13.7. The number of amides is 3. The third-order valence-electron chi connectivity index (χ3n) is 5.84. The van der Waals surface area contributed by atoms with E-state index < -0.39 is 58.9 Å². The fourth-order valence-corrected chi connectivity index (χ4v) is 4.16. The van der Waals surface area contributed by atoms with Crippen LogP contribution < -0.4 is 16.2 Å². The Morgan fingerprint density at radius 3 is 1.73 bits per heavy atom. The minimum Gasteiger partial charge on any atom is -0.468 e. The Hall–Kier alpha value is -5.02. The molecule has 3 amide bonds. The lowest BCUT2D eigenvalue weighted by Crippen LogP contribution is -2.61. The summed E-state index contributed by atoms with van der Waals surface area (Å²) in [4.78, 5) is 79.1. The van der Waals surface area contributed by atoms with Gasteiger partial charge >= 0.3 is 36.0 Å². The zero-order valence-electron chi connectivity index (χ0n) is 26.1. The number of hydrazone groups is 2. The highest BCUT2D eigenvalue weighted by molar-refractivity contribution is 6.20. The Morgan fingerprint density at radius 2 is 1.27 bits per heavy atom. The molecule has 1 aromatic carbocycles. The standard InChI is InChI=1S/C28H39N5O11/c1-10-43-22(35)20(17(3)31-33-26(39)44-27(4,5)6)28(23(36)41-8,24(37)42-9)19(21(34)40-7)16(2)30-32-25(38)29-18-14-12-11-13-15-18/h11-15,19-20H,10H2,1-9H3,(H,33,39)(H2,29,32,38)/b30-16+,31-17+. The van der Waals surface area contributed by atoms with Crippen LogP contribution in [0.15, 0.2) is 40.5 Å². The van der Waals surface area contributed by atoms with Gasteiger partial charge in [-0.25, -0.2) is 20.4 Å². The summed E-state index contributed by atoms with van der Waals surface area (Å²) in [5.41, 5.74) is 0.0415. The first-order chi connectivity index (χ1) is 20.6. The summed E-state index contributed by atoms with van der Waals surface area (Å²) in [6, 6.07) is 7.45. The molecule has 16 nitrogen and oxygen atoms in total. The second-order valence-corrected chi connectivity index (χ2v) is 10.0. The smallest absolute Gasteiger partial charge is 0.428 e. The molecule has 16 heteroatoms. The van der Waals surface area contributed by atoms with Crippen LogP contribution in [0.4, 0.5) is 15.3 Å². The first kappa shape index (κ1) is 37.0. The number of anilines is 1. The van der Waals surface area contributed by atoms with Crippen LogP contribution in [0, 0.1) is 17.3 Å². The van der Waals surface area contributed by atoms with Gasteiger partial charge in [-0.15, -0.1) is 0 Å². The molecular formula is C28H39N5O11. The largest absolute Gasteiger partial charge is 0.468 e. The van der Waals surface area contributed by atoms with Gasteiger partial charge in [0.15, 0.2) is 0 Å². The van der Waals surface area contributed by atoms with E-state index in [1.54, 1.807) is 51.1 Å². The number of hydrogen-bond acceptors (Lipinski definition) is 13. The molecule has 242 valence electrons. The molecule has 44 heavy (non-hydrogen) atoms. The van der Waals surface area contributed by atoms with E-state index in [0.717, 1.165) is 21.3 Å². The lowest BCUT2D eigenvalue weighted by Gasteiger charge is -2.38. The van der Waals surface area contributed by atoms with Crippen LogP contribution in [-0.4, -0.2) is 81.0 Å².